The van der Waals surface area contributed by atoms with Crippen LogP contribution < -0.4 is 5.32 Å². The zero-order valence-corrected chi connectivity index (χ0v) is 13.2. The van der Waals surface area contributed by atoms with Crippen molar-refractivity contribution in [3.05, 3.63) is 35.4 Å². The lowest BCUT2D eigenvalue weighted by molar-refractivity contribution is -0.115. The van der Waals surface area contributed by atoms with Gasteiger partial charge in [0.2, 0.25) is 0 Å². The lowest BCUT2D eigenvalue weighted by Crippen LogP contribution is -2.43. The van der Waals surface area contributed by atoms with Crippen molar-refractivity contribution in [2.45, 2.75) is 64.0 Å². The largest absolute Gasteiger partial charge is 0.326 e. The average Bonchev–Trinajstić information content (AvgIpc) is 2.75. The molecule has 0 bridgehead atoms. The molecule has 0 unspecified atom stereocenters. The number of amides is 1. The third-order valence-electron chi connectivity index (χ3n) is 4.59. The highest BCUT2D eigenvalue weighted by molar-refractivity contribution is 6.46. The molecule has 0 aromatic heterocycles. The van der Waals surface area contributed by atoms with Crippen LogP contribution in [0.2, 0.25) is 0 Å². The average molecular weight is 284 g/mol. The number of nitrogens with zero attached hydrogens (tertiary/aromatic N) is 1. The second-order valence-corrected chi connectivity index (χ2v) is 7.33. The molecule has 0 saturated heterocycles. The Labute approximate surface area is 126 Å². The van der Waals surface area contributed by atoms with Crippen molar-refractivity contribution in [3.8, 4) is 0 Å². The van der Waals surface area contributed by atoms with E-state index in [2.05, 4.69) is 38.2 Å². The minimum atomic E-state index is -0.312. The highest BCUT2D eigenvalue weighted by Crippen LogP contribution is 2.33. The number of hydrogen-bond donors (Lipinski definition) is 1. The van der Waals surface area contributed by atoms with Gasteiger partial charge in [-0.15, -0.1) is 0 Å². The summed E-state index contributed by atoms with van der Waals surface area (Å²) < 4.78 is 0. The van der Waals surface area contributed by atoms with Crippen molar-refractivity contribution in [1.82, 2.24) is 5.32 Å². The number of rotatable bonds is 1. The van der Waals surface area contributed by atoms with Gasteiger partial charge in [-0.05, 0) is 36.7 Å². The molecule has 3 heteroatoms. The summed E-state index contributed by atoms with van der Waals surface area (Å²) in [5, 5.41) is 3.12. The van der Waals surface area contributed by atoms with E-state index in [0.29, 0.717) is 5.71 Å². The van der Waals surface area contributed by atoms with Gasteiger partial charge in [-0.25, -0.2) is 0 Å². The fourth-order valence-electron chi connectivity index (χ4n) is 3.26. The highest BCUT2D eigenvalue weighted by atomic mass is 16.2. The maximum atomic E-state index is 12.3. The molecule has 1 spiro atoms. The first-order valence-corrected chi connectivity index (χ1v) is 7.93. The minimum absolute atomic E-state index is 0.0135. The number of benzene rings is 1. The summed E-state index contributed by atoms with van der Waals surface area (Å²) in [6, 6.07) is 8.27. The van der Waals surface area contributed by atoms with E-state index in [1.54, 1.807) is 0 Å². The molecule has 1 aromatic rings. The van der Waals surface area contributed by atoms with Crippen LogP contribution in [0.4, 0.5) is 0 Å². The molecule has 3 rings (SSSR count). The van der Waals surface area contributed by atoms with Crippen molar-refractivity contribution in [3.63, 3.8) is 0 Å². The van der Waals surface area contributed by atoms with Gasteiger partial charge in [-0.2, -0.15) is 0 Å². The van der Waals surface area contributed by atoms with E-state index in [1.807, 2.05) is 12.1 Å². The molecule has 0 atom stereocenters. The summed E-state index contributed by atoms with van der Waals surface area (Å²) in [6.45, 7) is 6.58. The van der Waals surface area contributed by atoms with Crippen molar-refractivity contribution >= 4 is 11.6 Å². The third kappa shape index (κ3) is 2.74. The Bertz CT molecular complexity index is 572. The molecule has 21 heavy (non-hydrogen) atoms. The molecule has 1 saturated carbocycles. The zero-order valence-electron chi connectivity index (χ0n) is 13.2. The lowest BCUT2D eigenvalue weighted by atomic mass is 9.86. The first kappa shape index (κ1) is 14.3. The normalized spacial score (nSPS) is 21.3. The SMILES string of the molecule is CC(C)(C)c1ccc(C2=NC3(CCCCC3)NC2=O)cc1. The van der Waals surface area contributed by atoms with E-state index in [-0.39, 0.29) is 17.0 Å². The molecular weight excluding hydrogens is 260 g/mol. The molecule has 1 aliphatic heterocycles. The van der Waals surface area contributed by atoms with Crippen molar-refractivity contribution in [2.24, 2.45) is 4.99 Å². The van der Waals surface area contributed by atoms with Crippen molar-refractivity contribution in [1.29, 1.82) is 0 Å². The van der Waals surface area contributed by atoms with E-state index in [4.69, 9.17) is 4.99 Å². The quantitative estimate of drug-likeness (QED) is 0.841. The predicted octanol–water partition coefficient (Wildman–Crippen LogP) is 3.56. The fraction of sp³-hybridized carbons (Fsp3) is 0.556. The van der Waals surface area contributed by atoms with Gasteiger partial charge < -0.3 is 5.32 Å². The molecular formula is C18H24N2O. The van der Waals surface area contributed by atoms with Crippen LogP contribution in [0.5, 0.6) is 0 Å². The minimum Gasteiger partial charge on any atom is -0.326 e. The zero-order chi connectivity index (χ0) is 15.1. The highest BCUT2D eigenvalue weighted by Gasteiger charge is 2.40. The number of nitrogens with one attached hydrogen (secondary N) is 1. The number of carbonyl (C=O) groups excluding carboxylic acids is 1. The van der Waals surface area contributed by atoms with Crippen molar-refractivity contribution in [2.75, 3.05) is 0 Å². The monoisotopic (exact) mass is 284 g/mol. The predicted molar refractivity (Wildman–Crippen MR) is 85.6 cm³/mol. The number of hydrogen-bond acceptors (Lipinski definition) is 2. The van der Waals surface area contributed by atoms with Crippen LogP contribution in [-0.2, 0) is 10.2 Å². The van der Waals surface area contributed by atoms with Gasteiger partial charge in [-0.3, -0.25) is 9.79 Å². The lowest BCUT2D eigenvalue weighted by Gasteiger charge is -2.30. The van der Waals surface area contributed by atoms with Crippen LogP contribution in [0, 0.1) is 0 Å². The standard InChI is InChI=1S/C18H24N2O/c1-17(2,3)14-9-7-13(8-10-14)15-16(21)20-18(19-15)11-5-4-6-12-18/h7-10H,4-6,11-12H2,1-3H3,(H,20,21). The summed E-state index contributed by atoms with van der Waals surface area (Å²) in [7, 11) is 0. The summed E-state index contributed by atoms with van der Waals surface area (Å²) in [5.41, 5.74) is 2.63. The molecule has 1 heterocycles. The maximum absolute atomic E-state index is 12.3. The van der Waals surface area contributed by atoms with E-state index in [1.165, 1.54) is 12.0 Å². The van der Waals surface area contributed by atoms with Crippen LogP contribution in [0.1, 0.15) is 64.0 Å². The second kappa shape index (κ2) is 4.97. The Balaban J connectivity index is 1.89. The molecule has 3 nitrogen and oxygen atoms in total. The van der Waals surface area contributed by atoms with Gasteiger partial charge in [0.05, 0.1) is 0 Å². The van der Waals surface area contributed by atoms with Gasteiger partial charge in [-0.1, -0.05) is 51.5 Å². The summed E-state index contributed by atoms with van der Waals surface area (Å²) in [4.78, 5) is 17.1. The molecule has 2 aliphatic rings. The topological polar surface area (TPSA) is 41.5 Å². The summed E-state index contributed by atoms with van der Waals surface area (Å²) in [5.74, 6) is -0.0135. The third-order valence-corrected chi connectivity index (χ3v) is 4.59. The van der Waals surface area contributed by atoms with Crippen LogP contribution >= 0.6 is 0 Å². The van der Waals surface area contributed by atoms with Crippen LogP contribution in [-0.4, -0.2) is 17.3 Å². The Hall–Kier alpha value is -1.64. The van der Waals surface area contributed by atoms with Gasteiger partial charge >= 0.3 is 0 Å². The molecule has 1 fully saturated rings. The molecule has 112 valence electrons. The smallest absolute Gasteiger partial charge is 0.272 e. The first-order valence-electron chi connectivity index (χ1n) is 7.93. The second-order valence-electron chi connectivity index (χ2n) is 7.33. The van der Waals surface area contributed by atoms with Gasteiger partial charge in [0.25, 0.3) is 5.91 Å². The van der Waals surface area contributed by atoms with Crippen molar-refractivity contribution < 1.29 is 4.79 Å². The van der Waals surface area contributed by atoms with Gasteiger partial charge in [0, 0.05) is 5.56 Å². The van der Waals surface area contributed by atoms with Gasteiger partial charge in [0.15, 0.2) is 0 Å². The van der Waals surface area contributed by atoms with E-state index < -0.39 is 0 Å². The fourth-order valence-corrected chi connectivity index (χ4v) is 3.26. The van der Waals surface area contributed by atoms with Crippen LogP contribution in [0.25, 0.3) is 0 Å². The van der Waals surface area contributed by atoms with E-state index in [9.17, 15) is 4.79 Å². The summed E-state index contributed by atoms with van der Waals surface area (Å²) >= 11 is 0. The summed E-state index contributed by atoms with van der Waals surface area (Å²) in [6.07, 6.45) is 5.51. The number of carbonyl (C=O) groups is 1. The Morgan fingerprint density at radius 2 is 1.67 bits per heavy atom. The van der Waals surface area contributed by atoms with Gasteiger partial charge in [0.1, 0.15) is 11.4 Å². The first-order chi connectivity index (χ1) is 9.90. The Kier molecular flexibility index (Phi) is 3.39. The molecule has 1 amide bonds. The Morgan fingerprint density at radius 3 is 2.24 bits per heavy atom. The molecule has 0 radical (unpaired) electrons. The number of aliphatic imine (C=N–C) groups is 1. The molecule has 1 aliphatic carbocycles. The Morgan fingerprint density at radius 1 is 1.05 bits per heavy atom. The van der Waals surface area contributed by atoms with Crippen LogP contribution in [0.3, 0.4) is 0 Å². The van der Waals surface area contributed by atoms with Crippen LogP contribution in [0.15, 0.2) is 29.3 Å². The van der Waals surface area contributed by atoms with E-state index >= 15 is 0 Å². The molecule has 1 aromatic carbocycles. The molecule has 1 N–H and O–H groups in total. The maximum Gasteiger partial charge on any atom is 0.272 e. The van der Waals surface area contributed by atoms with E-state index in [0.717, 1.165) is 31.2 Å².